The van der Waals surface area contributed by atoms with Gasteiger partial charge in [-0.3, -0.25) is 9.59 Å². The van der Waals surface area contributed by atoms with Gasteiger partial charge in [0.25, 0.3) is 5.91 Å². The molecule has 0 radical (unpaired) electrons. The second-order valence-corrected chi connectivity index (χ2v) is 6.06. The monoisotopic (exact) mass is 371 g/mol. The third-order valence-electron chi connectivity index (χ3n) is 4.25. The number of aromatic nitrogens is 3. The van der Waals surface area contributed by atoms with E-state index in [1.807, 2.05) is 0 Å². The smallest absolute Gasteiger partial charge is 0.395 e. The van der Waals surface area contributed by atoms with E-state index in [-0.39, 0.29) is 18.8 Å². The number of amides is 2. The summed E-state index contributed by atoms with van der Waals surface area (Å²) in [5.41, 5.74) is 0.709. The minimum absolute atomic E-state index is 0.146. The lowest BCUT2D eigenvalue weighted by atomic mass is 10.0. The molecule has 1 N–H and O–H groups in total. The molecule has 3 heterocycles. The summed E-state index contributed by atoms with van der Waals surface area (Å²) in [4.78, 5) is 32.8. The third-order valence-corrected chi connectivity index (χ3v) is 4.25. The number of aryl methyl sites for hydroxylation is 1. The van der Waals surface area contributed by atoms with Crippen molar-refractivity contribution in [3.8, 4) is 0 Å². The van der Waals surface area contributed by atoms with Gasteiger partial charge in [0.1, 0.15) is 6.54 Å². The van der Waals surface area contributed by atoms with Crippen LogP contribution in [0.1, 0.15) is 16.2 Å². The Balaban J connectivity index is 1.70. The summed E-state index contributed by atoms with van der Waals surface area (Å²) < 4.78 is 46.4. The van der Waals surface area contributed by atoms with E-state index < -0.39 is 36.5 Å². The number of nitrogens with one attached hydrogen (secondary N) is 1. The Kier molecular flexibility index (Phi) is 4.70. The molecular formula is C15H16F3N5O3. The van der Waals surface area contributed by atoms with Crippen LogP contribution in [0.4, 0.5) is 13.2 Å². The number of carbonyl (C=O) groups is 2. The lowest BCUT2D eigenvalue weighted by Crippen LogP contribution is -2.46. The van der Waals surface area contributed by atoms with E-state index in [1.54, 1.807) is 13.1 Å². The van der Waals surface area contributed by atoms with Crippen molar-refractivity contribution >= 4 is 11.8 Å². The number of nitrogens with zero attached hydrogens (tertiary/aromatic N) is 4. The highest BCUT2D eigenvalue weighted by Crippen LogP contribution is 2.34. The summed E-state index contributed by atoms with van der Waals surface area (Å²) >= 11 is 0. The molecule has 1 aliphatic rings. The molecule has 0 unspecified atom stereocenters. The van der Waals surface area contributed by atoms with E-state index in [2.05, 4.69) is 15.3 Å². The van der Waals surface area contributed by atoms with Crippen molar-refractivity contribution in [1.29, 1.82) is 0 Å². The number of halogens is 3. The number of hydrogen-bond donors (Lipinski definition) is 1. The molecule has 0 aromatic carbocycles. The van der Waals surface area contributed by atoms with Crippen LogP contribution < -0.4 is 5.32 Å². The summed E-state index contributed by atoms with van der Waals surface area (Å²) in [6.07, 6.45) is 0.568. The lowest BCUT2D eigenvalue weighted by molar-refractivity contribution is -0.175. The maximum atomic E-state index is 13.3. The molecule has 2 amide bonds. The van der Waals surface area contributed by atoms with E-state index >= 15 is 0 Å². The molecule has 2 aromatic heterocycles. The first-order valence-electron chi connectivity index (χ1n) is 7.76. The Hall–Kier alpha value is -2.85. The molecule has 3 rings (SSSR count). The zero-order valence-electron chi connectivity index (χ0n) is 13.7. The van der Waals surface area contributed by atoms with Gasteiger partial charge in [-0.15, -0.1) is 0 Å². The van der Waals surface area contributed by atoms with Crippen LogP contribution in [0.5, 0.6) is 0 Å². The van der Waals surface area contributed by atoms with Crippen LogP contribution in [0, 0.1) is 12.8 Å². The highest BCUT2D eigenvalue weighted by molar-refractivity contribution is 5.91. The quantitative estimate of drug-likeness (QED) is 0.866. The highest BCUT2D eigenvalue weighted by atomic mass is 19.4. The molecule has 2 aromatic rings. The maximum Gasteiger partial charge on any atom is 0.395 e. The molecule has 0 saturated carbocycles. The normalized spacial score (nSPS) is 20.4. The van der Waals surface area contributed by atoms with Crippen molar-refractivity contribution in [2.24, 2.45) is 5.92 Å². The van der Waals surface area contributed by atoms with Gasteiger partial charge in [0.05, 0.1) is 24.5 Å². The Morgan fingerprint density at radius 1 is 1.31 bits per heavy atom. The van der Waals surface area contributed by atoms with E-state index in [4.69, 9.17) is 4.42 Å². The SMILES string of the molecule is Cc1cncn1CC(=O)N[C@@H]1CN(C(=O)c2cnco2)C[C@H]1C(F)(F)F. The molecule has 1 saturated heterocycles. The Morgan fingerprint density at radius 3 is 2.65 bits per heavy atom. The zero-order valence-corrected chi connectivity index (χ0v) is 13.7. The summed E-state index contributed by atoms with van der Waals surface area (Å²) in [6, 6.07) is -1.24. The average molecular weight is 371 g/mol. The van der Waals surface area contributed by atoms with Crippen LogP contribution >= 0.6 is 0 Å². The zero-order chi connectivity index (χ0) is 18.9. The van der Waals surface area contributed by atoms with E-state index in [0.29, 0.717) is 5.69 Å². The highest BCUT2D eigenvalue weighted by Gasteiger charge is 2.51. The molecule has 2 atom stereocenters. The van der Waals surface area contributed by atoms with E-state index in [1.165, 1.54) is 10.9 Å². The maximum absolute atomic E-state index is 13.3. The van der Waals surface area contributed by atoms with Gasteiger partial charge in [-0.05, 0) is 6.92 Å². The predicted octanol–water partition coefficient (Wildman–Crippen LogP) is 0.999. The second-order valence-electron chi connectivity index (χ2n) is 6.06. The summed E-state index contributed by atoms with van der Waals surface area (Å²) in [5.74, 6) is -3.28. The first-order valence-corrected chi connectivity index (χ1v) is 7.76. The fourth-order valence-corrected chi connectivity index (χ4v) is 2.88. The van der Waals surface area contributed by atoms with Crippen molar-refractivity contribution in [3.63, 3.8) is 0 Å². The first-order chi connectivity index (χ1) is 12.3. The van der Waals surface area contributed by atoms with Gasteiger partial charge in [0.15, 0.2) is 6.39 Å². The number of hydrogen-bond acceptors (Lipinski definition) is 5. The van der Waals surface area contributed by atoms with E-state index in [9.17, 15) is 22.8 Å². The van der Waals surface area contributed by atoms with Gasteiger partial charge in [0.2, 0.25) is 11.7 Å². The topological polar surface area (TPSA) is 93.3 Å². The molecular weight excluding hydrogens is 355 g/mol. The molecule has 140 valence electrons. The van der Waals surface area contributed by atoms with Gasteiger partial charge < -0.3 is 19.2 Å². The Labute approximate surface area is 146 Å². The largest absolute Gasteiger partial charge is 0.438 e. The third kappa shape index (κ3) is 3.70. The number of oxazole rings is 1. The van der Waals surface area contributed by atoms with Crippen molar-refractivity contribution in [3.05, 3.63) is 36.6 Å². The summed E-state index contributed by atoms with van der Waals surface area (Å²) in [7, 11) is 0. The minimum atomic E-state index is -4.56. The van der Waals surface area contributed by atoms with Crippen LogP contribution in [0.25, 0.3) is 0 Å². The molecule has 11 heteroatoms. The van der Waals surface area contributed by atoms with E-state index in [0.717, 1.165) is 17.5 Å². The van der Waals surface area contributed by atoms with Crippen molar-refractivity contribution in [2.45, 2.75) is 25.7 Å². The van der Waals surface area contributed by atoms with Crippen LogP contribution in [0.2, 0.25) is 0 Å². The van der Waals surface area contributed by atoms with Gasteiger partial charge >= 0.3 is 6.18 Å². The Bertz CT molecular complexity index is 787. The van der Waals surface area contributed by atoms with Gasteiger partial charge in [-0.1, -0.05) is 0 Å². The molecule has 8 nitrogen and oxygen atoms in total. The second kappa shape index (κ2) is 6.81. The Morgan fingerprint density at radius 2 is 2.08 bits per heavy atom. The standard InChI is InChI=1S/C15H16F3N5O3/c1-9-2-19-7-23(9)6-13(24)21-11-5-22(4-10(11)15(16,17)18)14(25)12-3-20-8-26-12/h2-3,7-8,10-11H,4-6H2,1H3,(H,21,24)/t10-,11-/m1/s1. The number of likely N-dealkylation sites (tertiary alicyclic amines) is 1. The number of imidazole rings is 1. The fraction of sp³-hybridized carbons (Fsp3) is 0.467. The first kappa shape index (κ1) is 18.0. The van der Waals surface area contributed by atoms with Crippen molar-refractivity contribution in [2.75, 3.05) is 13.1 Å². The van der Waals surface area contributed by atoms with Crippen LogP contribution in [-0.4, -0.2) is 56.6 Å². The number of carbonyl (C=O) groups excluding carboxylic acids is 2. The average Bonchev–Trinajstić information content (AvgIpc) is 3.28. The minimum Gasteiger partial charge on any atom is -0.438 e. The van der Waals surface area contributed by atoms with Crippen molar-refractivity contribution in [1.82, 2.24) is 24.8 Å². The molecule has 0 bridgehead atoms. The summed E-state index contributed by atoms with van der Waals surface area (Å²) in [5, 5.41) is 2.38. The lowest BCUT2D eigenvalue weighted by Gasteiger charge is -2.22. The molecule has 1 fully saturated rings. The number of rotatable bonds is 4. The molecule has 0 aliphatic carbocycles. The molecule has 0 spiro atoms. The molecule has 26 heavy (non-hydrogen) atoms. The predicted molar refractivity (Wildman–Crippen MR) is 80.8 cm³/mol. The van der Waals surface area contributed by atoms with Crippen molar-refractivity contribution < 1.29 is 27.2 Å². The van der Waals surface area contributed by atoms with Crippen LogP contribution in [0.3, 0.4) is 0 Å². The van der Waals surface area contributed by atoms with Gasteiger partial charge in [0, 0.05) is 25.0 Å². The molecule has 1 aliphatic heterocycles. The fourth-order valence-electron chi connectivity index (χ4n) is 2.88. The van der Waals surface area contributed by atoms with Crippen LogP contribution in [-0.2, 0) is 11.3 Å². The van der Waals surface area contributed by atoms with Crippen LogP contribution in [0.15, 0.2) is 29.5 Å². The summed E-state index contributed by atoms with van der Waals surface area (Å²) in [6.45, 7) is 0.756. The van der Waals surface area contributed by atoms with Gasteiger partial charge in [-0.25, -0.2) is 9.97 Å². The van der Waals surface area contributed by atoms with Gasteiger partial charge in [-0.2, -0.15) is 13.2 Å². The number of alkyl halides is 3.